The maximum absolute atomic E-state index is 12.9. The number of carbonyl (C=O) groups is 2. The number of aryl methyl sites for hydroxylation is 2. The van der Waals surface area contributed by atoms with Crippen LogP contribution < -0.4 is 9.64 Å². The first-order chi connectivity index (χ1) is 12.8. The molecule has 0 radical (unpaired) electrons. The van der Waals surface area contributed by atoms with Gasteiger partial charge in [0, 0.05) is 18.5 Å². The summed E-state index contributed by atoms with van der Waals surface area (Å²) in [6, 6.07) is 13.3. The molecule has 0 aliphatic carbocycles. The Balaban J connectivity index is 1.71. The molecule has 1 aliphatic rings. The van der Waals surface area contributed by atoms with Gasteiger partial charge in [0.2, 0.25) is 0 Å². The number of nitrogens with zero attached hydrogens (tertiary/aromatic N) is 1. The molecular formula is C22H25NO4. The summed E-state index contributed by atoms with van der Waals surface area (Å²) in [5.74, 6) is 0.133. The van der Waals surface area contributed by atoms with Crippen LogP contribution in [0, 0.1) is 13.8 Å². The fourth-order valence-corrected chi connectivity index (χ4v) is 3.46. The Kier molecular flexibility index (Phi) is 5.33. The van der Waals surface area contributed by atoms with Crippen molar-refractivity contribution in [1.29, 1.82) is 0 Å². The van der Waals surface area contributed by atoms with Crippen LogP contribution in [0.5, 0.6) is 5.75 Å². The number of hydrogen-bond donors (Lipinski definition) is 1. The first kappa shape index (κ1) is 19.1. The van der Waals surface area contributed by atoms with E-state index in [1.165, 1.54) is 12.5 Å². The number of rotatable bonds is 7. The van der Waals surface area contributed by atoms with Crippen LogP contribution >= 0.6 is 0 Å². The predicted molar refractivity (Wildman–Crippen MR) is 104 cm³/mol. The fourth-order valence-electron chi connectivity index (χ4n) is 3.46. The minimum atomic E-state index is -1.77. The van der Waals surface area contributed by atoms with Gasteiger partial charge in [0.25, 0.3) is 5.91 Å². The van der Waals surface area contributed by atoms with Gasteiger partial charge >= 0.3 is 0 Å². The summed E-state index contributed by atoms with van der Waals surface area (Å²) in [5.41, 5.74) is 1.52. The molecule has 5 nitrogen and oxygen atoms in total. The van der Waals surface area contributed by atoms with Gasteiger partial charge in [0.15, 0.2) is 5.60 Å². The van der Waals surface area contributed by atoms with Crippen molar-refractivity contribution in [2.24, 2.45) is 0 Å². The summed E-state index contributed by atoms with van der Waals surface area (Å²) >= 11 is 0. The van der Waals surface area contributed by atoms with Crippen LogP contribution in [0.25, 0.3) is 0 Å². The zero-order valence-corrected chi connectivity index (χ0v) is 16.0. The van der Waals surface area contributed by atoms with Crippen molar-refractivity contribution in [3.63, 3.8) is 0 Å². The molecular weight excluding hydrogens is 342 g/mol. The van der Waals surface area contributed by atoms with Gasteiger partial charge in [0.1, 0.15) is 11.5 Å². The highest BCUT2D eigenvalue weighted by Gasteiger charge is 2.50. The Morgan fingerprint density at radius 3 is 2.44 bits per heavy atom. The van der Waals surface area contributed by atoms with Crippen LogP contribution in [-0.2, 0) is 15.2 Å². The van der Waals surface area contributed by atoms with Crippen LogP contribution in [-0.4, -0.2) is 29.9 Å². The minimum absolute atomic E-state index is 0.210. The molecule has 1 amide bonds. The molecule has 142 valence electrons. The van der Waals surface area contributed by atoms with Gasteiger partial charge < -0.3 is 14.7 Å². The van der Waals surface area contributed by atoms with E-state index in [1.54, 1.807) is 11.0 Å². The molecule has 1 unspecified atom stereocenters. The summed E-state index contributed by atoms with van der Waals surface area (Å²) in [6.45, 7) is 6.18. The lowest BCUT2D eigenvalue weighted by Gasteiger charge is -2.22. The zero-order chi connectivity index (χ0) is 19.6. The van der Waals surface area contributed by atoms with E-state index >= 15 is 0 Å². The average Bonchev–Trinajstić information content (AvgIpc) is 2.81. The Hall–Kier alpha value is -2.66. The van der Waals surface area contributed by atoms with Crippen molar-refractivity contribution < 1.29 is 19.4 Å². The molecule has 1 aliphatic heterocycles. The van der Waals surface area contributed by atoms with E-state index in [0.29, 0.717) is 30.8 Å². The number of ether oxygens (including phenoxy) is 1. The molecule has 3 rings (SSSR count). The lowest BCUT2D eigenvalue weighted by atomic mass is 9.89. The number of anilines is 1. The second-order valence-corrected chi connectivity index (χ2v) is 7.23. The summed E-state index contributed by atoms with van der Waals surface area (Å²) in [4.78, 5) is 26.1. The molecule has 0 saturated heterocycles. The van der Waals surface area contributed by atoms with Crippen LogP contribution in [0.3, 0.4) is 0 Å². The summed E-state index contributed by atoms with van der Waals surface area (Å²) < 4.78 is 5.73. The Morgan fingerprint density at radius 1 is 1.11 bits per heavy atom. The van der Waals surface area contributed by atoms with Crippen molar-refractivity contribution in [3.05, 3.63) is 59.2 Å². The van der Waals surface area contributed by atoms with E-state index in [4.69, 9.17) is 4.74 Å². The number of amides is 1. The number of carbonyl (C=O) groups excluding carboxylic acids is 2. The minimum Gasteiger partial charge on any atom is -0.494 e. The summed E-state index contributed by atoms with van der Waals surface area (Å²) in [6.07, 6.45) is 0.405. The van der Waals surface area contributed by atoms with Gasteiger partial charge in [-0.1, -0.05) is 35.4 Å². The molecule has 1 heterocycles. The van der Waals surface area contributed by atoms with Gasteiger partial charge in [-0.15, -0.1) is 0 Å². The van der Waals surface area contributed by atoms with Gasteiger partial charge in [-0.25, -0.2) is 0 Å². The van der Waals surface area contributed by atoms with E-state index in [0.717, 1.165) is 11.3 Å². The van der Waals surface area contributed by atoms with E-state index in [1.807, 2.05) is 50.2 Å². The highest BCUT2D eigenvalue weighted by atomic mass is 16.5. The number of hydrogen-bond acceptors (Lipinski definition) is 4. The second kappa shape index (κ2) is 7.53. The first-order valence-electron chi connectivity index (χ1n) is 9.15. The molecule has 1 N–H and O–H groups in total. The molecule has 2 aromatic carbocycles. The normalized spacial score (nSPS) is 18.5. The Morgan fingerprint density at radius 2 is 1.78 bits per heavy atom. The highest BCUT2D eigenvalue weighted by Crippen LogP contribution is 2.43. The van der Waals surface area contributed by atoms with Crippen molar-refractivity contribution in [2.45, 2.75) is 39.2 Å². The third kappa shape index (κ3) is 3.88. The number of aliphatic hydroxyl groups is 1. The molecule has 27 heavy (non-hydrogen) atoms. The average molecular weight is 367 g/mol. The SMILES string of the molecule is CC(=O)CC1(O)C(=O)N(CCCOc2ccc(C)cc2)c2ccc(C)cc21. The van der Waals surface area contributed by atoms with E-state index in [2.05, 4.69) is 0 Å². The van der Waals surface area contributed by atoms with Gasteiger partial charge in [-0.3, -0.25) is 9.59 Å². The number of fused-ring (bicyclic) bond motifs is 1. The molecule has 0 fully saturated rings. The van der Waals surface area contributed by atoms with E-state index in [-0.39, 0.29) is 12.2 Å². The zero-order valence-electron chi connectivity index (χ0n) is 16.0. The third-order valence-corrected chi connectivity index (χ3v) is 4.81. The van der Waals surface area contributed by atoms with Gasteiger partial charge in [-0.2, -0.15) is 0 Å². The molecule has 5 heteroatoms. The van der Waals surface area contributed by atoms with Crippen molar-refractivity contribution in [3.8, 4) is 5.75 Å². The second-order valence-electron chi connectivity index (χ2n) is 7.23. The lowest BCUT2D eigenvalue weighted by Crippen LogP contribution is -2.42. The maximum atomic E-state index is 12.9. The van der Waals surface area contributed by atoms with Crippen LogP contribution in [0.2, 0.25) is 0 Å². The van der Waals surface area contributed by atoms with Crippen molar-refractivity contribution in [2.75, 3.05) is 18.1 Å². The van der Waals surface area contributed by atoms with Crippen LogP contribution in [0.1, 0.15) is 36.5 Å². The monoisotopic (exact) mass is 367 g/mol. The molecule has 0 saturated carbocycles. The number of Topliss-reactive ketones (excluding diaryl/α,β-unsaturated/α-hetero) is 1. The quantitative estimate of drug-likeness (QED) is 0.763. The lowest BCUT2D eigenvalue weighted by molar-refractivity contribution is -0.141. The van der Waals surface area contributed by atoms with E-state index < -0.39 is 11.5 Å². The Bertz CT molecular complexity index is 859. The maximum Gasteiger partial charge on any atom is 0.264 e. The highest BCUT2D eigenvalue weighted by molar-refractivity contribution is 6.08. The number of ketones is 1. The van der Waals surface area contributed by atoms with Crippen LogP contribution in [0.4, 0.5) is 5.69 Å². The molecule has 2 aromatic rings. The standard InChI is InChI=1S/C22H25NO4/c1-15-5-8-18(9-6-15)27-12-4-11-23-20-10-7-16(2)13-19(20)22(26,21(23)25)14-17(3)24/h5-10,13,26H,4,11-12,14H2,1-3H3. The van der Waals surface area contributed by atoms with Gasteiger partial charge in [0.05, 0.1) is 12.3 Å². The Labute approximate surface area is 159 Å². The van der Waals surface area contributed by atoms with Gasteiger partial charge in [-0.05, 0) is 45.4 Å². The molecule has 0 aromatic heterocycles. The molecule has 1 atom stereocenters. The first-order valence-corrected chi connectivity index (χ1v) is 9.15. The smallest absolute Gasteiger partial charge is 0.264 e. The fraction of sp³-hybridized carbons (Fsp3) is 0.364. The van der Waals surface area contributed by atoms with E-state index in [9.17, 15) is 14.7 Å². The summed E-state index contributed by atoms with van der Waals surface area (Å²) in [5, 5.41) is 11.0. The molecule has 0 spiro atoms. The number of benzene rings is 2. The van der Waals surface area contributed by atoms with Crippen molar-refractivity contribution >= 4 is 17.4 Å². The predicted octanol–water partition coefficient (Wildman–Crippen LogP) is 3.29. The third-order valence-electron chi connectivity index (χ3n) is 4.81. The van der Waals surface area contributed by atoms with Crippen molar-refractivity contribution in [1.82, 2.24) is 0 Å². The largest absolute Gasteiger partial charge is 0.494 e. The molecule has 0 bridgehead atoms. The topological polar surface area (TPSA) is 66.8 Å². The van der Waals surface area contributed by atoms with Crippen LogP contribution in [0.15, 0.2) is 42.5 Å². The summed E-state index contributed by atoms with van der Waals surface area (Å²) in [7, 11) is 0.